The van der Waals surface area contributed by atoms with Gasteiger partial charge in [-0.2, -0.15) is 0 Å². The molecule has 0 saturated carbocycles. The normalized spacial score (nSPS) is 11.2. The number of sulfonamides is 1. The molecular weight excluding hydrogens is 568 g/mol. The number of aryl methyl sites for hydroxylation is 1. The Labute approximate surface area is 249 Å². The molecule has 1 aromatic heterocycles. The molecule has 1 heterocycles. The van der Waals surface area contributed by atoms with Crippen molar-refractivity contribution in [1.82, 2.24) is 15.3 Å². The average molecular weight is 599 g/mol. The lowest BCUT2D eigenvalue weighted by atomic mass is 10.1. The van der Waals surface area contributed by atoms with Crippen molar-refractivity contribution in [3.8, 4) is 11.5 Å². The fraction of sp³-hybridized carbons (Fsp3) is 0.129. The number of phenolic OH excluding ortho intramolecular Hbond substituents is 1. The Morgan fingerprint density at radius 1 is 0.860 bits per heavy atom. The van der Waals surface area contributed by atoms with Gasteiger partial charge in [0, 0.05) is 36.1 Å². The number of phenols is 1. The molecule has 4 aromatic carbocycles. The number of carbonyl (C=O) groups excluding carboxylic acids is 1. The van der Waals surface area contributed by atoms with Gasteiger partial charge in [0.05, 0.1) is 29.6 Å². The number of fused-ring (bicyclic) bond motifs is 1. The van der Waals surface area contributed by atoms with Gasteiger partial charge in [-0.15, -0.1) is 0 Å². The van der Waals surface area contributed by atoms with Crippen LogP contribution < -0.4 is 25.4 Å². The smallest absolute Gasteiger partial charge is 0.263 e. The van der Waals surface area contributed by atoms with Crippen molar-refractivity contribution in [3.63, 3.8) is 0 Å². The first-order chi connectivity index (χ1) is 20.7. The number of benzene rings is 4. The molecule has 0 fully saturated rings. The van der Waals surface area contributed by atoms with Gasteiger partial charge >= 0.3 is 0 Å². The number of para-hydroxylation sites is 2. The summed E-state index contributed by atoms with van der Waals surface area (Å²) in [5.74, 6) is 0.0732. The van der Waals surface area contributed by atoms with Crippen molar-refractivity contribution >= 4 is 50.0 Å². The molecule has 0 radical (unpaired) electrons. The summed E-state index contributed by atoms with van der Waals surface area (Å²) in [5.41, 5.74) is 3.93. The van der Waals surface area contributed by atoms with Gasteiger partial charge < -0.3 is 25.8 Å². The van der Waals surface area contributed by atoms with Crippen LogP contribution in [0.15, 0.2) is 95.9 Å². The van der Waals surface area contributed by atoms with E-state index < -0.39 is 10.0 Å². The number of methoxy groups -OCH3 is 1. The quantitative estimate of drug-likeness (QED) is 0.142. The van der Waals surface area contributed by atoms with Gasteiger partial charge in [0.1, 0.15) is 11.5 Å². The molecule has 0 aliphatic heterocycles. The number of rotatable bonds is 11. The second kappa shape index (κ2) is 12.8. The molecule has 5 rings (SSSR count). The molecule has 5 aromatic rings. The van der Waals surface area contributed by atoms with Crippen LogP contribution >= 0.6 is 0 Å². The highest BCUT2D eigenvalue weighted by molar-refractivity contribution is 7.92. The van der Waals surface area contributed by atoms with E-state index in [-0.39, 0.29) is 34.7 Å². The van der Waals surface area contributed by atoms with Gasteiger partial charge in [-0.25, -0.2) is 18.4 Å². The van der Waals surface area contributed by atoms with Crippen LogP contribution in [0.3, 0.4) is 0 Å². The Morgan fingerprint density at radius 3 is 2.33 bits per heavy atom. The van der Waals surface area contributed by atoms with Crippen molar-refractivity contribution in [1.29, 1.82) is 0 Å². The van der Waals surface area contributed by atoms with Gasteiger partial charge in [0.25, 0.3) is 10.0 Å². The Hall–Kier alpha value is -5.20. The number of hydrogen-bond donors (Lipinski definition) is 5. The second-order valence-corrected chi connectivity index (χ2v) is 11.3. The van der Waals surface area contributed by atoms with Crippen molar-refractivity contribution < 1.29 is 23.1 Å². The Balaban J connectivity index is 1.34. The summed E-state index contributed by atoms with van der Waals surface area (Å²) < 4.78 is 34.7. The molecule has 0 bridgehead atoms. The average Bonchev–Trinajstić information content (AvgIpc) is 2.98. The zero-order valence-electron chi connectivity index (χ0n) is 23.5. The van der Waals surface area contributed by atoms with E-state index >= 15 is 0 Å². The van der Waals surface area contributed by atoms with E-state index in [4.69, 9.17) is 4.74 Å². The van der Waals surface area contributed by atoms with E-state index in [9.17, 15) is 18.3 Å². The molecule has 0 atom stereocenters. The van der Waals surface area contributed by atoms with E-state index in [2.05, 4.69) is 30.6 Å². The maximum Gasteiger partial charge on any atom is 0.263 e. The lowest BCUT2D eigenvalue weighted by molar-refractivity contribution is -0.115. The molecule has 0 unspecified atom stereocenters. The van der Waals surface area contributed by atoms with Crippen LogP contribution in [0.2, 0.25) is 0 Å². The molecule has 0 saturated heterocycles. The summed E-state index contributed by atoms with van der Waals surface area (Å²) in [7, 11) is -2.70. The SMILES string of the molecule is COc1cc(O)cc(Nc2nc3ccccc3nc2NS(=O)(=O)c2cccc(NC(=O)CNCc3ccccc3C)c2)c1. The minimum atomic E-state index is -4.17. The molecular formula is C31H30N6O5S. The van der Waals surface area contributed by atoms with Gasteiger partial charge in [-0.1, -0.05) is 42.5 Å². The van der Waals surface area contributed by atoms with Crippen LogP contribution in [0, 0.1) is 6.92 Å². The van der Waals surface area contributed by atoms with E-state index in [1.54, 1.807) is 36.4 Å². The van der Waals surface area contributed by atoms with Crippen molar-refractivity contribution in [3.05, 3.63) is 102 Å². The van der Waals surface area contributed by atoms with Gasteiger partial charge in [0.15, 0.2) is 11.6 Å². The first-order valence-electron chi connectivity index (χ1n) is 13.3. The molecule has 0 aliphatic rings. The third kappa shape index (κ3) is 7.36. The lowest BCUT2D eigenvalue weighted by Crippen LogP contribution is -2.28. The zero-order chi connectivity index (χ0) is 30.4. The minimum Gasteiger partial charge on any atom is -0.508 e. The Bertz CT molecular complexity index is 1900. The van der Waals surface area contributed by atoms with Gasteiger partial charge in [0.2, 0.25) is 5.91 Å². The highest BCUT2D eigenvalue weighted by Crippen LogP contribution is 2.31. The van der Waals surface area contributed by atoms with Crippen LogP contribution in [0.25, 0.3) is 11.0 Å². The number of aromatic nitrogens is 2. The van der Waals surface area contributed by atoms with Crippen LogP contribution in [-0.4, -0.2) is 43.1 Å². The van der Waals surface area contributed by atoms with Crippen LogP contribution in [0.5, 0.6) is 11.5 Å². The molecule has 0 spiro atoms. The van der Waals surface area contributed by atoms with Crippen molar-refractivity contribution in [2.45, 2.75) is 18.4 Å². The lowest BCUT2D eigenvalue weighted by Gasteiger charge is -2.15. The number of carbonyl (C=O) groups is 1. The van der Waals surface area contributed by atoms with Gasteiger partial charge in [-0.05, 0) is 48.4 Å². The van der Waals surface area contributed by atoms with Gasteiger partial charge in [-0.3, -0.25) is 9.52 Å². The maximum atomic E-state index is 13.5. The molecule has 1 amide bonds. The highest BCUT2D eigenvalue weighted by atomic mass is 32.2. The number of nitrogens with zero attached hydrogens (tertiary/aromatic N) is 2. The number of nitrogens with one attached hydrogen (secondary N) is 4. The Kier molecular flexibility index (Phi) is 8.69. The second-order valence-electron chi connectivity index (χ2n) is 9.67. The summed E-state index contributed by atoms with van der Waals surface area (Å²) >= 11 is 0. The molecule has 11 nitrogen and oxygen atoms in total. The first-order valence-corrected chi connectivity index (χ1v) is 14.8. The number of amides is 1. The largest absolute Gasteiger partial charge is 0.508 e. The fourth-order valence-electron chi connectivity index (χ4n) is 4.32. The minimum absolute atomic E-state index is 0.0467. The first kappa shape index (κ1) is 29.3. The molecule has 5 N–H and O–H groups in total. The fourth-order valence-corrected chi connectivity index (χ4v) is 5.37. The van der Waals surface area contributed by atoms with E-state index in [1.165, 1.54) is 37.4 Å². The molecule has 220 valence electrons. The molecule has 43 heavy (non-hydrogen) atoms. The summed E-state index contributed by atoms with van der Waals surface area (Å²) in [5, 5.41) is 18.9. The van der Waals surface area contributed by atoms with Crippen LogP contribution in [0.4, 0.5) is 23.0 Å². The van der Waals surface area contributed by atoms with E-state index in [1.807, 2.05) is 31.2 Å². The number of ether oxygens (including phenoxy) is 1. The van der Waals surface area contributed by atoms with E-state index in [0.29, 0.717) is 34.7 Å². The van der Waals surface area contributed by atoms with Crippen LogP contribution in [-0.2, 0) is 21.4 Å². The highest BCUT2D eigenvalue weighted by Gasteiger charge is 2.20. The maximum absolute atomic E-state index is 13.5. The standard InChI is InChI=1S/C31H30N6O5S/c1-20-8-3-4-9-21(20)18-32-19-29(39)33-22-10-7-11-26(16-22)43(40,41)37-31-30(35-27-12-5-6-13-28(27)36-31)34-23-14-24(38)17-25(15-23)42-2/h3-17,32,38H,18-19H2,1-2H3,(H,33,39)(H,34,35)(H,36,37). The predicted molar refractivity (Wildman–Crippen MR) is 166 cm³/mol. The third-order valence-electron chi connectivity index (χ3n) is 6.48. The van der Waals surface area contributed by atoms with Crippen molar-refractivity contribution in [2.75, 3.05) is 29.0 Å². The topological polar surface area (TPSA) is 155 Å². The summed E-state index contributed by atoms with van der Waals surface area (Å²) in [6.45, 7) is 2.57. The number of aromatic hydroxyl groups is 1. The summed E-state index contributed by atoms with van der Waals surface area (Å²) in [4.78, 5) is 21.5. The van der Waals surface area contributed by atoms with E-state index in [0.717, 1.165) is 11.1 Å². The van der Waals surface area contributed by atoms with Crippen LogP contribution in [0.1, 0.15) is 11.1 Å². The zero-order valence-corrected chi connectivity index (χ0v) is 24.3. The molecule has 12 heteroatoms. The number of hydrogen-bond acceptors (Lipinski definition) is 9. The monoisotopic (exact) mass is 598 g/mol. The molecule has 0 aliphatic carbocycles. The summed E-state index contributed by atoms with van der Waals surface area (Å²) in [6.07, 6.45) is 0. The predicted octanol–water partition coefficient (Wildman–Crippen LogP) is 4.93. The van der Waals surface area contributed by atoms with Crippen molar-refractivity contribution in [2.24, 2.45) is 0 Å². The summed E-state index contributed by atoms with van der Waals surface area (Å²) in [6, 6.07) is 25.3. The Morgan fingerprint density at radius 2 is 1.58 bits per heavy atom. The number of anilines is 4. The third-order valence-corrected chi connectivity index (χ3v) is 7.82.